The van der Waals surface area contributed by atoms with E-state index in [1.54, 1.807) is 6.33 Å². The van der Waals surface area contributed by atoms with Crippen molar-refractivity contribution in [3.63, 3.8) is 0 Å². The van der Waals surface area contributed by atoms with Gasteiger partial charge in [0.2, 0.25) is 0 Å². The first-order valence-electron chi connectivity index (χ1n) is 10.7. The van der Waals surface area contributed by atoms with E-state index in [0.717, 1.165) is 74.7 Å². The van der Waals surface area contributed by atoms with Crippen LogP contribution in [0.1, 0.15) is 61.1 Å². The summed E-state index contributed by atoms with van der Waals surface area (Å²) in [5.74, 6) is 2.94. The summed E-state index contributed by atoms with van der Waals surface area (Å²) in [5, 5.41) is 4.14. The molecule has 2 aliphatic heterocycles. The van der Waals surface area contributed by atoms with E-state index in [2.05, 4.69) is 46.9 Å². The molecule has 0 radical (unpaired) electrons. The van der Waals surface area contributed by atoms with Gasteiger partial charge in [0, 0.05) is 61.5 Å². The first-order chi connectivity index (χ1) is 13.9. The van der Waals surface area contributed by atoms with Gasteiger partial charge >= 0.3 is 0 Å². The van der Waals surface area contributed by atoms with Crippen LogP contribution in [0.5, 0.6) is 0 Å². The number of aryl methyl sites for hydroxylation is 1. The summed E-state index contributed by atoms with van der Waals surface area (Å²) in [6.45, 7) is 9.97. The Morgan fingerprint density at radius 2 is 1.79 bits per heavy atom. The molecule has 0 aromatic carbocycles. The molecule has 154 valence electrons. The smallest absolute Gasteiger partial charge is 0.276 e. The Morgan fingerprint density at radius 3 is 2.52 bits per heavy atom. The van der Waals surface area contributed by atoms with Crippen LogP contribution >= 0.6 is 0 Å². The minimum Gasteiger partial charge on any atom is -0.360 e. The molecule has 2 unspecified atom stereocenters. The minimum absolute atomic E-state index is 0.00718. The van der Waals surface area contributed by atoms with E-state index in [-0.39, 0.29) is 11.3 Å². The van der Waals surface area contributed by atoms with Crippen LogP contribution in [0.4, 0.5) is 5.82 Å². The van der Waals surface area contributed by atoms with Crippen LogP contribution in [-0.2, 0) is 18.3 Å². The predicted octanol–water partition coefficient (Wildman–Crippen LogP) is 2.85. The quantitative estimate of drug-likeness (QED) is 0.778. The zero-order valence-electron chi connectivity index (χ0n) is 17.5. The Kier molecular flexibility index (Phi) is 4.37. The van der Waals surface area contributed by atoms with E-state index in [9.17, 15) is 4.79 Å². The van der Waals surface area contributed by atoms with Gasteiger partial charge in [-0.1, -0.05) is 25.9 Å². The maximum atomic E-state index is 13.1. The molecule has 29 heavy (non-hydrogen) atoms. The van der Waals surface area contributed by atoms with Gasteiger partial charge in [0.05, 0.1) is 5.69 Å². The number of likely N-dealkylation sites (tertiary alicyclic amines) is 1. The highest BCUT2D eigenvalue weighted by molar-refractivity contribution is 5.94. The standard InChI is InChI=1S/C22H29N5O2/c1-22(2,3)18-8-19(24-13-23-18)26-9-14-11-27(12-15(14)10-26)21(28)20-16-6-4-5-7-17(16)29-25-20/h8,13-15H,4-7,9-12H2,1-3H3. The van der Waals surface area contributed by atoms with E-state index in [1.165, 1.54) is 0 Å². The molecule has 3 aliphatic rings. The summed E-state index contributed by atoms with van der Waals surface area (Å²) in [7, 11) is 0. The number of carbonyl (C=O) groups is 1. The van der Waals surface area contributed by atoms with Crippen LogP contribution < -0.4 is 4.90 Å². The van der Waals surface area contributed by atoms with E-state index in [0.29, 0.717) is 17.5 Å². The van der Waals surface area contributed by atoms with Gasteiger partial charge < -0.3 is 14.3 Å². The molecule has 0 saturated carbocycles. The van der Waals surface area contributed by atoms with Gasteiger partial charge in [-0.15, -0.1) is 0 Å². The van der Waals surface area contributed by atoms with E-state index < -0.39 is 0 Å². The second-order valence-corrected chi connectivity index (χ2v) is 9.79. The number of aromatic nitrogens is 3. The maximum absolute atomic E-state index is 13.1. The Hall–Kier alpha value is -2.44. The highest BCUT2D eigenvalue weighted by Gasteiger charge is 2.43. The van der Waals surface area contributed by atoms with E-state index in [4.69, 9.17) is 4.52 Å². The third-order valence-corrected chi connectivity index (χ3v) is 6.67. The molecule has 2 aromatic heterocycles. The SMILES string of the molecule is CC(C)(C)c1cc(N2CC3CN(C(=O)c4noc5c4CCCC5)CC3C2)ncn1. The Labute approximate surface area is 171 Å². The van der Waals surface area contributed by atoms with Gasteiger partial charge in [0.1, 0.15) is 17.9 Å². The van der Waals surface area contributed by atoms with Crippen molar-refractivity contribution in [2.45, 2.75) is 51.9 Å². The summed E-state index contributed by atoms with van der Waals surface area (Å²) in [5.41, 5.74) is 2.68. The molecule has 2 fully saturated rings. The zero-order valence-corrected chi connectivity index (χ0v) is 17.5. The number of fused-ring (bicyclic) bond motifs is 2. The number of hydrogen-bond acceptors (Lipinski definition) is 6. The first-order valence-corrected chi connectivity index (χ1v) is 10.7. The fraction of sp³-hybridized carbons (Fsp3) is 0.636. The molecular weight excluding hydrogens is 366 g/mol. The molecule has 7 nitrogen and oxygen atoms in total. The highest BCUT2D eigenvalue weighted by atomic mass is 16.5. The summed E-state index contributed by atoms with van der Waals surface area (Å²) in [4.78, 5) is 26.4. The summed E-state index contributed by atoms with van der Waals surface area (Å²) in [6.07, 6.45) is 5.74. The lowest BCUT2D eigenvalue weighted by Gasteiger charge is -2.24. The molecule has 2 saturated heterocycles. The highest BCUT2D eigenvalue weighted by Crippen LogP contribution is 2.35. The maximum Gasteiger partial charge on any atom is 0.276 e. The van der Waals surface area contributed by atoms with Crippen molar-refractivity contribution in [3.8, 4) is 0 Å². The average Bonchev–Trinajstić information content (AvgIpc) is 3.39. The summed E-state index contributed by atoms with van der Waals surface area (Å²) in [6, 6.07) is 2.12. The molecule has 1 aliphatic carbocycles. The number of rotatable bonds is 2. The molecule has 0 bridgehead atoms. The molecule has 4 heterocycles. The summed E-state index contributed by atoms with van der Waals surface area (Å²) >= 11 is 0. The van der Waals surface area contributed by atoms with Gasteiger partial charge in [-0.3, -0.25) is 4.79 Å². The second kappa shape index (κ2) is 6.82. The Bertz CT molecular complexity index is 918. The molecular formula is C22H29N5O2. The van der Waals surface area contributed by atoms with Gasteiger partial charge in [0.15, 0.2) is 5.69 Å². The van der Waals surface area contributed by atoms with Crippen molar-refractivity contribution in [2.24, 2.45) is 11.8 Å². The van der Waals surface area contributed by atoms with Crippen LogP contribution in [0.2, 0.25) is 0 Å². The number of anilines is 1. The monoisotopic (exact) mass is 395 g/mol. The third-order valence-electron chi connectivity index (χ3n) is 6.67. The Morgan fingerprint density at radius 1 is 1.07 bits per heavy atom. The van der Waals surface area contributed by atoms with Crippen molar-refractivity contribution < 1.29 is 9.32 Å². The number of nitrogens with zero attached hydrogens (tertiary/aromatic N) is 5. The van der Waals surface area contributed by atoms with Crippen LogP contribution in [0.3, 0.4) is 0 Å². The lowest BCUT2D eigenvalue weighted by Crippen LogP contribution is -2.34. The van der Waals surface area contributed by atoms with Crippen LogP contribution in [0, 0.1) is 11.8 Å². The van der Waals surface area contributed by atoms with Gasteiger partial charge in [-0.2, -0.15) is 0 Å². The normalized spacial score (nSPS) is 24.0. The van der Waals surface area contributed by atoms with E-state index in [1.807, 2.05) is 4.90 Å². The molecule has 1 amide bonds. The van der Waals surface area contributed by atoms with Crippen molar-refractivity contribution in [3.05, 3.63) is 35.1 Å². The van der Waals surface area contributed by atoms with Crippen molar-refractivity contribution in [1.29, 1.82) is 0 Å². The van der Waals surface area contributed by atoms with Gasteiger partial charge in [-0.25, -0.2) is 9.97 Å². The topological polar surface area (TPSA) is 75.4 Å². The molecule has 0 N–H and O–H groups in total. The molecule has 2 atom stereocenters. The van der Waals surface area contributed by atoms with Crippen molar-refractivity contribution in [1.82, 2.24) is 20.0 Å². The third kappa shape index (κ3) is 3.30. The minimum atomic E-state index is 0.00718. The molecule has 2 aromatic rings. The Balaban J connectivity index is 1.27. The second-order valence-electron chi connectivity index (χ2n) is 9.79. The van der Waals surface area contributed by atoms with Crippen LogP contribution in [0.25, 0.3) is 0 Å². The molecule has 5 rings (SSSR count). The summed E-state index contributed by atoms with van der Waals surface area (Å²) < 4.78 is 5.46. The first kappa shape index (κ1) is 18.6. The molecule has 7 heteroatoms. The molecule has 0 spiro atoms. The lowest BCUT2D eigenvalue weighted by molar-refractivity contribution is 0.0771. The zero-order chi connectivity index (χ0) is 20.2. The lowest BCUT2D eigenvalue weighted by atomic mass is 9.92. The number of amides is 1. The van der Waals surface area contributed by atoms with E-state index >= 15 is 0 Å². The predicted molar refractivity (Wildman–Crippen MR) is 109 cm³/mol. The van der Waals surface area contributed by atoms with Crippen molar-refractivity contribution in [2.75, 3.05) is 31.1 Å². The van der Waals surface area contributed by atoms with Gasteiger partial charge in [-0.05, 0) is 19.3 Å². The number of carbonyl (C=O) groups excluding carboxylic acids is 1. The van der Waals surface area contributed by atoms with Crippen LogP contribution in [0.15, 0.2) is 16.9 Å². The average molecular weight is 396 g/mol. The van der Waals surface area contributed by atoms with Gasteiger partial charge in [0.25, 0.3) is 5.91 Å². The van der Waals surface area contributed by atoms with Crippen molar-refractivity contribution >= 4 is 11.7 Å². The fourth-order valence-corrected chi connectivity index (χ4v) is 4.98. The van der Waals surface area contributed by atoms with Crippen LogP contribution in [-0.4, -0.2) is 52.1 Å². The number of hydrogen-bond donors (Lipinski definition) is 0. The fourth-order valence-electron chi connectivity index (χ4n) is 4.98. The largest absolute Gasteiger partial charge is 0.360 e.